The van der Waals surface area contributed by atoms with E-state index in [4.69, 9.17) is 0 Å². The first-order chi connectivity index (χ1) is 8.20. The molecule has 0 aliphatic carbocycles. The summed E-state index contributed by atoms with van der Waals surface area (Å²) in [5, 5.41) is 6.79. The van der Waals surface area contributed by atoms with Gasteiger partial charge < -0.3 is 10.2 Å². The molecule has 1 aromatic heterocycles. The van der Waals surface area contributed by atoms with Crippen LogP contribution in [0.4, 0.5) is 0 Å². The molecule has 1 aromatic rings. The Bertz CT molecular complexity index is 403. The molecule has 1 unspecified atom stereocenters. The number of rotatable bonds is 3. The van der Waals surface area contributed by atoms with Crippen molar-refractivity contribution in [1.29, 1.82) is 0 Å². The first-order valence-electron chi connectivity index (χ1n) is 5.80. The highest BCUT2D eigenvalue weighted by Gasteiger charge is 2.28. The quantitative estimate of drug-likeness (QED) is 0.883. The van der Waals surface area contributed by atoms with Gasteiger partial charge in [-0.05, 0) is 28.8 Å². The number of nitrogens with one attached hydrogen (secondary N) is 1. The fourth-order valence-electron chi connectivity index (χ4n) is 1.93. The van der Waals surface area contributed by atoms with Crippen LogP contribution in [0.15, 0.2) is 16.8 Å². The van der Waals surface area contributed by atoms with E-state index in [-0.39, 0.29) is 17.9 Å². The Kier molecular flexibility index (Phi) is 3.78. The van der Waals surface area contributed by atoms with Gasteiger partial charge in [-0.2, -0.15) is 11.3 Å². The largest absolute Gasteiger partial charge is 0.344 e. The van der Waals surface area contributed by atoms with Crippen molar-refractivity contribution in [2.45, 2.75) is 32.4 Å². The van der Waals surface area contributed by atoms with Crippen molar-refractivity contribution in [2.75, 3.05) is 6.54 Å². The van der Waals surface area contributed by atoms with E-state index in [1.54, 1.807) is 16.2 Å². The maximum absolute atomic E-state index is 12.2. The number of hydrogen-bond donors (Lipinski definition) is 1. The third-order valence-corrected chi connectivity index (χ3v) is 3.65. The number of thiophene rings is 1. The zero-order valence-electron chi connectivity index (χ0n) is 9.81. The zero-order chi connectivity index (χ0) is 12.3. The van der Waals surface area contributed by atoms with Gasteiger partial charge in [0.2, 0.25) is 11.8 Å². The van der Waals surface area contributed by atoms with Gasteiger partial charge in [-0.15, -0.1) is 0 Å². The second-order valence-corrected chi connectivity index (χ2v) is 4.95. The smallest absolute Gasteiger partial charge is 0.245 e. The van der Waals surface area contributed by atoms with Crippen molar-refractivity contribution in [1.82, 2.24) is 10.2 Å². The fraction of sp³-hybridized carbons (Fsp3) is 0.500. The molecule has 0 radical (unpaired) electrons. The van der Waals surface area contributed by atoms with Crippen molar-refractivity contribution >= 4 is 23.2 Å². The third kappa shape index (κ3) is 2.85. The monoisotopic (exact) mass is 252 g/mol. The lowest BCUT2D eigenvalue weighted by Gasteiger charge is -2.22. The van der Waals surface area contributed by atoms with Crippen molar-refractivity contribution in [3.8, 4) is 0 Å². The van der Waals surface area contributed by atoms with E-state index in [0.29, 0.717) is 25.9 Å². The molecule has 0 bridgehead atoms. The summed E-state index contributed by atoms with van der Waals surface area (Å²) < 4.78 is 0. The normalized spacial score (nSPS) is 21.2. The second kappa shape index (κ2) is 5.31. The Morgan fingerprint density at radius 2 is 2.35 bits per heavy atom. The van der Waals surface area contributed by atoms with Crippen LogP contribution in [0, 0.1) is 0 Å². The SMILES string of the molecule is CCC1NC(=O)CCN(Cc2ccsc2)C1=O. The number of nitrogens with zero attached hydrogens (tertiary/aromatic N) is 1. The lowest BCUT2D eigenvalue weighted by Crippen LogP contribution is -2.43. The Labute approximate surface area is 105 Å². The summed E-state index contributed by atoms with van der Waals surface area (Å²) in [5.41, 5.74) is 1.13. The summed E-state index contributed by atoms with van der Waals surface area (Å²) in [6.45, 7) is 3.03. The highest BCUT2D eigenvalue weighted by Crippen LogP contribution is 2.13. The number of amides is 2. The lowest BCUT2D eigenvalue weighted by atomic mass is 10.2. The van der Waals surface area contributed by atoms with Gasteiger partial charge in [0, 0.05) is 19.5 Å². The van der Waals surface area contributed by atoms with Gasteiger partial charge in [-0.25, -0.2) is 0 Å². The molecule has 1 aliphatic rings. The standard InChI is InChI=1S/C12H16N2O2S/c1-2-10-12(16)14(5-3-11(15)13-10)7-9-4-6-17-8-9/h4,6,8,10H,2-3,5,7H2,1H3,(H,13,15). The van der Waals surface area contributed by atoms with Crippen LogP contribution in [0.5, 0.6) is 0 Å². The second-order valence-electron chi connectivity index (χ2n) is 4.17. The van der Waals surface area contributed by atoms with Crippen LogP contribution in [0.25, 0.3) is 0 Å². The third-order valence-electron chi connectivity index (χ3n) is 2.92. The first kappa shape index (κ1) is 12.1. The molecule has 2 rings (SSSR count). The van der Waals surface area contributed by atoms with E-state index in [1.165, 1.54) is 0 Å². The summed E-state index contributed by atoms with van der Waals surface area (Å²) in [4.78, 5) is 25.4. The molecule has 0 spiro atoms. The van der Waals surface area contributed by atoms with Gasteiger partial charge >= 0.3 is 0 Å². The molecule has 92 valence electrons. The first-order valence-corrected chi connectivity index (χ1v) is 6.74. The molecular formula is C12H16N2O2S. The van der Waals surface area contributed by atoms with Crippen LogP contribution in [0.3, 0.4) is 0 Å². The minimum Gasteiger partial charge on any atom is -0.344 e. The summed E-state index contributed by atoms with van der Waals surface area (Å²) in [5.74, 6) is 0.00238. The fourth-order valence-corrected chi connectivity index (χ4v) is 2.59. The van der Waals surface area contributed by atoms with Crippen LogP contribution in [-0.4, -0.2) is 29.3 Å². The van der Waals surface area contributed by atoms with Gasteiger partial charge in [-0.3, -0.25) is 9.59 Å². The average molecular weight is 252 g/mol. The maximum atomic E-state index is 12.2. The van der Waals surface area contributed by atoms with Crippen LogP contribution < -0.4 is 5.32 Å². The number of carbonyl (C=O) groups excluding carboxylic acids is 2. The molecule has 0 saturated carbocycles. The molecular weight excluding hydrogens is 236 g/mol. The molecule has 1 aliphatic heterocycles. The zero-order valence-corrected chi connectivity index (χ0v) is 10.6. The molecule has 5 heteroatoms. The lowest BCUT2D eigenvalue weighted by molar-refractivity contribution is -0.134. The van der Waals surface area contributed by atoms with Crippen molar-refractivity contribution in [3.05, 3.63) is 22.4 Å². The van der Waals surface area contributed by atoms with Crippen LogP contribution in [0.1, 0.15) is 25.3 Å². The topological polar surface area (TPSA) is 49.4 Å². The predicted molar refractivity (Wildman–Crippen MR) is 66.6 cm³/mol. The summed E-state index contributed by atoms with van der Waals surface area (Å²) >= 11 is 1.62. The minimum absolute atomic E-state index is 0.0296. The van der Waals surface area contributed by atoms with E-state index in [9.17, 15) is 9.59 Å². The van der Waals surface area contributed by atoms with E-state index in [1.807, 2.05) is 23.8 Å². The summed E-state index contributed by atoms with van der Waals surface area (Å²) in [7, 11) is 0. The van der Waals surface area contributed by atoms with Gasteiger partial charge in [0.05, 0.1) is 0 Å². The van der Waals surface area contributed by atoms with Gasteiger partial charge in [-0.1, -0.05) is 6.92 Å². The average Bonchev–Trinajstić information content (AvgIpc) is 2.78. The molecule has 1 fully saturated rings. The molecule has 1 N–H and O–H groups in total. The van der Waals surface area contributed by atoms with Crippen LogP contribution in [0.2, 0.25) is 0 Å². The van der Waals surface area contributed by atoms with Gasteiger partial charge in [0.15, 0.2) is 0 Å². The van der Waals surface area contributed by atoms with E-state index < -0.39 is 0 Å². The number of hydrogen-bond acceptors (Lipinski definition) is 3. The molecule has 1 saturated heterocycles. The maximum Gasteiger partial charge on any atom is 0.245 e. The minimum atomic E-state index is -0.358. The Balaban J connectivity index is 2.09. The molecule has 17 heavy (non-hydrogen) atoms. The van der Waals surface area contributed by atoms with E-state index in [0.717, 1.165) is 5.56 Å². The van der Waals surface area contributed by atoms with Crippen molar-refractivity contribution in [2.24, 2.45) is 0 Å². The predicted octanol–water partition coefficient (Wildman–Crippen LogP) is 1.38. The summed E-state index contributed by atoms with van der Waals surface area (Å²) in [6.07, 6.45) is 1.04. The molecule has 2 heterocycles. The van der Waals surface area contributed by atoms with Gasteiger partial charge in [0.25, 0.3) is 0 Å². The van der Waals surface area contributed by atoms with Gasteiger partial charge in [0.1, 0.15) is 6.04 Å². The van der Waals surface area contributed by atoms with Crippen LogP contribution >= 0.6 is 11.3 Å². The Morgan fingerprint density at radius 1 is 1.53 bits per heavy atom. The van der Waals surface area contributed by atoms with E-state index in [2.05, 4.69) is 5.32 Å². The van der Waals surface area contributed by atoms with Crippen LogP contribution in [-0.2, 0) is 16.1 Å². The van der Waals surface area contributed by atoms with Crippen molar-refractivity contribution < 1.29 is 9.59 Å². The molecule has 4 nitrogen and oxygen atoms in total. The Morgan fingerprint density at radius 3 is 3.00 bits per heavy atom. The van der Waals surface area contributed by atoms with Crippen molar-refractivity contribution in [3.63, 3.8) is 0 Å². The molecule has 1 atom stereocenters. The highest BCUT2D eigenvalue weighted by atomic mass is 32.1. The Hall–Kier alpha value is -1.36. The molecule has 2 amide bonds. The molecule has 0 aromatic carbocycles. The highest BCUT2D eigenvalue weighted by molar-refractivity contribution is 7.07. The summed E-state index contributed by atoms with van der Waals surface area (Å²) in [6, 6.07) is 1.66. The number of carbonyl (C=O) groups is 2. The van der Waals surface area contributed by atoms with E-state index >= 15 is 0 Å².